The number of piperidine rings is 1. The summed E-state index contributed by atoms with van der Waals surface area (Å²) < 4.78 is 29.5. The van der Waals surface area contributed by atoms with Crippen LogP contribution in [0.1, 0.15) is 46.7 Å². The van der Waals surface area contributed by atoms with Gasteiger partial charge in [-0.05, 0) is 38.1 Å². The molecule has 2 N–H and O–H groups in total. The van der Waals surface area contributed by atoms with Crippen LogP contribution >= 0.6 is 11.3 Å². The van der Waals surface area contributed by atoms with Crippen molar-refractivity contribution in [2.24, 2.45) is 0 Å². The molecule has 1 amide bonds. The van der Waals surface area contributed by atoms with Crippen molar-refractivity contribution < 1.29 is 13.6 Å². The van der Waals surface area contributed by atoms with Gasteiger partial charge in [0, 0.05) is 43.2 Å². The van der Waals surface area contributed by atoms with Gasteiger partial charge in [0.15, 0.2) is 5.65 Å². The Hall–Kier alpha value is -3.27. The van der Waals surface area contributed by atoms with Gasteiger partial charge in [-0.1, -0.05) is 0 Å². The number of carbonyl (C=O) groups excluding carboxylic acids is 1. The molecule has 4 aromatic rings. The van der Waals surface area contributed by atoms with Crippen molar-refractivity contribution in [2.45, 2.75) is 38.7 Å². The van der Waals surface area contributed by atoms with Gasteiger partial charge in [-0.15, -0.1) is 11.3 Å². The molecule has 1 atom stereocenters. The fourth-order valence-electron chi connectivity index (χ4n) is 4.12. The summed E-state index contributed by atoms with van der Waals surface area (Å²) in [4.78, 5) is 21.9. The first-order valence-electron chi connectivity index (χ1n) is 10.8. The van der Waals surface area contributed by atoms with Gasteiger partial charge in [0.1, 0.15) is 0 Å². The van der Waals surface area contributed by atoms with Crippen LogP contribution < -0.4 is 10.2 Å². The number of imidazole rings is 1. The molecule has 0 spiro atoms. The van der Waals surface area contributed by atoms with Gasteiger partial charge in [0.25, 0.3) is 11.8 Å². The van der Waals surface area contributed by atoms with Crippen molar-refractivity contribution in [2.75, 3.05) is 18.0 Å². The quantitative estimate of drug-likeness (QED) is 0.438. The number of H-pyrrole nitrogens is 1. The molecule has 1 saturated heterocycles. The summed E-state index contributed by atoms with van der Waals surface area (Å²) in [6, 6.07) is 7.35. The molecule has 0 aromatic carbocycles. The molecular weight excluding hydrogens is 446 g/mol. The van der Waals surface area contributed by atoms with Crippen LogP contribution in [0.2, 0.25) is 0 Å². The van der Waals surface area contributed by atoms with E-state index in [1.165, 1.54) is 4.88 Å². The largest absolute Gasteiger partial charge is 0.368 e. The number of hydrogen-bond acceptors (Lipinski definition) is 5. The molecule has 33 heavy (non-hydrogen) atoms. The topological polar surface area (TPSA) is 78.3 Å². The number of aromatic amines is 1. The highest BCUT2D eigenvalue weighted by molar-refractivity contribution is 7.15. The second-order valence-electron chi connectivity index (χ2n) is 8.41. The van der Waals surface area contributed by atoms with Gasteiger partial charge in [0.05, 0.1) is 39.8 Å². The van der Waals surface area contributed by atoms with Gasteiger partial charge in [-0.2, -0.15) is 5.10 Å². The molecule has 1 fully saturated rings. The van der Waals surface area contributed by atoms with E-state index in [-0.39, 0.29) is 37.9 Å². The molecule has 172 valence electrons. The lowest BCUT2D eigenvalue weighted by molar-refractivity contribution is -0.0220. The number of fused-ring (bicyclic) bond motifs is 1. The molecule has 7 nitrogen and oxygen atoms in total. The predicted molar refractivity (Wildman–Crippen MR) is 124 cm³/mol. The minimum absolute atomic E-state index is 0.207. The van der Waals surface area contributed by atoms with Crippen molar-refractivity contribution in [1.29, 1.82) is 0 Å². The Bertz CT molecular complexity index is 1290. The van der Waals surface area contributed by atoms with Crippen LogP contribution in [0.25, 0.3) is 16.2 Å². The third-order valence-corrected chi connectivity index (χ3v) is 7.04. The number of nitrogens with zero attached hydrogens (tertiary/aromatic N) is 4. The highest BCUT2D eigenvalue weighted by Gasteiger charge is 2.35. The van der Waals surface area contributed by atoms with E-state index >= 15 is 0 Å². The molecule has 10 heteroatoms. The Kier molecular flexibility index (Phi) is 5.40. The minimum Gasteiger partial charge on any atom is -0.368 e. The third kappa shape index (κ3) is 4.22. The molecule has 4 aromatic heterocycles. The number of nitrogens with one attached hydrogen (secondary N) is 2. The Morgan fingerprint density at radius 3 is 2.73 bits per heavy atom. The van der Waals surface area contributed by atoms with Crippen molar-refractivity contribution in [3.8, 4) is 10.6 Å². The zero-order chi connectivity index (χ0) is 23.2. The number of hydrogen-bond donors (Lipinski definition) is 2. The Morgan fingerprint density at radius 1 is 1.27 bits per heavy atom. The number of aromatic nitrogens is 4. The van der Waals surface area contributed by atoms with E-state index in [0.717, 1.165) is 16.3 Å². The summed E-state index contributed by atoms with van der Waals surface area (Å²) in [6.45, 7) is 4.32. The lowest BCUT2D eigenvalue weighted by atomic mass is 10.1. The van der Waals surface area contributed by atoms with Gasteiger partial charge in [-0.25, -0.2) is 13.8 Å². The molecule has 0 saturated carbocycles. The normalized spacial score (nSPS) is 16.8. The second kappa shape index (κ2) is 8.26. The van der Waals surface area contributed by atoms with Crippen molar-refractivity contribution in [1.82, 2.24) is 24.9 Å². The van der Waals surface area contributed by atoms with Crippen LogP contribution in [-0.4, -0.2) is 44.5 Å². The maximum atomic E-state index is 13.8. The Balaban J connectivity index is 1.56. The zero-order valence-corrected chi connectivity index (χ0v) is 19.1. The van der Waals surface area contributed by atoms with E-state index in [4.69, 9.17) is 0 Å². The third-order valence-electron chi connectivity index (χ3n) is 6.01. The summed E-state index contributed by atoms with van der Waals surface area (Å²) >= 11 is 1.64. The maximum absolute atomic E-state index is 13.8. The van der Waals surface area contributed by atoms with Crippen molar-refractivity contribution in [3.05, 3.63) is 59.0 Å². The number of rotatable bonds is 5. The van der Waals surface area contributed by atoms with E-state index in [2.05, 4.69) is 20.5 Å². The van der Waals surface area contributed by atoms with Gasteiger partial charge < -0.3 is 10.2 Å². The molecule has 5 rings (SSSR count). The second-order valence-corrected chi connectivity index (χ2v) is 9.70. The van der Waals surface area contributed by atoms with Crippen molar-refractivity contribution >= 4 is 28.6 Å². The highest BCUT2D eigenvalue weighted by atomic mass is 32.1. The molecule has 0 aliphatic carbocycles. The number of aryl methyl sites for hydroxylation is 1. The number of thiophene rings is 1. The fraction of sp³-hybridized carbons (Fsp3) is 0.348. The Labute approximate surface area is 193 Å². The number of pyridine rings is 1. The fourth-order valence-corrected chi connectivity index (χ4v) is 5.00. The number of anilines is 1. The van der Waals surface area contributed by atoms with Crippen LogP contribution in [0.15, 0.2) is 42.9 Å². The molecule has 0 radical (unpaired) electrons. The number of halogens is 2. The first-order chi connectivity index (χ1) is 15.8. The Morgan fingerprint density at radius 2 is 2.06 bits per heavy atom. The highest BCUT2D eigenvalue weighted by Crippen LogP contribution is 2.35. The lowest BCUT2D eigenvalue weighted by Gasteiger charge is -2.33. The minimum atomic E-state index is -2.66. The number of carbonyl (C=O) groups is 1. The van der Waals surface area contributed by atoms with Crippen LogP contribution in [0.3, 0.4) is 0 Å². The zero-order valence-electron chi connectivity index (χ0n) is 18.3. The number of alkyl halides is 2. The van der Waals surface area contributed by atoms with Gasteiger partial charge in [0.2, 0.25) is 0 Å². The molecule has 1 aliphatic rings. The van der Waals surface area contributed by atoms with E-state index in [1.54, 1.807) is 42.1 Å². The van der Waals surface area contributed by atoms with E-state index in [0.29, 0.717) is 16.9 Å². The SMILES string of the molecule is Cc1ccc(-c2cnc3c(N4CCC(F)(F)CC4)cc(C(=O)N[C@@H](C)c4ccn[nH]4)cn23)s1. The molecule has 1 aliphatic heterocycles. The summed E-state index contributed by atoms with van der Waals surface area (Å²) in [5, 5.41) is 9.78. The molecule has 0 bridgehead atoms. The van der Waals surface area contributed by atoms with E-state index in [9.17, 15) is 13.6 Å². The summed E-state index contributed by atoms with van der Waals surface area (Å²) in [7, 11) is 0. The van der Waals surface area contributed by atoms with Crippen LogP contribution in [-0.2, 0) is 0 Å². The molecule has 5 heterocycles. The van der Waals surface area contributed by atoms with Gasteiger partial charge in [-0.3, -0.25) is 14.3 Å². The van der Waals surface area contributed by atoms with Gasteiger partial charge >= 0.3 is 0 Å². The van der Waals surface area contributed by atoms with E-state index in [1.807, 2.05) is 35.3 Å². The standard InChI is InChI=1S/C23H24F2N6OS/c1-14-3-4-20(33-14)19-12-26-21-18(30-9-6-23(24,25)7-10-30)11-16(13-31(19)21)22(32)28-15(2)17-5-8-27-29-17/h3-5,8,11-13,15H,6-7,9-10H2,1-2H3,(H,27,29)(H,28,32)/t15-/m0/s1. The first-order valence-corrected chi connectivity index (χ1v) is 11.6. The summed E-state index contributed by atoms with van der Waals surface area (Å²) in [6.07, 6.45) is 4.74. The average molecular weight is 471 g/mol. The van der Waals surface area contributed by atoms with E-state index < -0.39 is 5.92 Å². The smallest absolute Gasteiger partial charge is 0.253 e. The van der Waals surface area contributed by atoms with Crippen LogP contribution in [0.4, 0.5) is 14.5 Å². The molecule has 0 unspecified atom stereocenters. The summed E-state index contributed by atoms with van der Waals surface area (Å²) in [5.74, 6) is -2.92. The average Bonchev–Trinajstić information content (AvgIpc) is 3.53. The summed E-state index contributed by atoms with van der Waals surface area (Å²) in [5.41, 5.74) is 3.43. The van der Waals surface area contributed by atoms with Crippen LogP contribution in [0, 0.1) is 6.92 Å². The van der Waals surface area contributed by atoms with Crippen molar-refractivity contribution in [3.63, 3.8) is 0 Å². The predicted octanol–water partition coefficient (Wildman–Crippen LogP) is 4.82. The monoisotopic (exact) mass is 470 g/mol. The molecular formula is C23H24F2N6OS. The maximum Gasteiger partial charge on any atom is 0.253 e. The van der Waals surface area contributed by atoms with Crippen LogP contribution in [0.5, 0.6) is 0 Å². The number of amides is 1. The first kappa shape index (κ1) is 21.6. The lowest BCUT2D eigenvalue weighted by Crippen LogP contribution is -2.39.